The summed E-state index contributed by atoms with van der Waals surface area (Å²) in [4.78, 5) is 11.4. The summed E-state index contributed by atoms with van der Waals surface area (Å²) in [7, 11) is 0. The van der Waals surface area contributed by atoms with Gasteiger partial charge >= 0.3 is 12.1 Å². The summed E-state index contributed by atoms with van der Waals surface area (Å²) in [6, 6.07) is 0.795. The van der Waals surface area contributed by atoms with Crippen molar-refractivity contribution in [3.63, 3.8) is 0 Å². The number of rotatable bonds is 2. The van der Waals surface area contributed by atoms with Gasteiger partial charge in [0.2, 0.25) is 0 Å². The highest BCUT2D eigenvalue weighted by Gasteiger charge is 2.33. The molecule has 0 radical (unpaired) electrons. The third-order valence-corrected chi connectivity index (χ3v) is 4.37. The lowest BCUT2D eigenvalue weighted by Crippen LogP contribution is -2.11. The Morgan fingerprint density at radius 2 is 2.19 bits per heavy atom. The van der Waals surface area contributed by atoms with Crippen LogP contribution in [0.5, 0.6) is 0 Å². The van der Waals surface area contributed by atoms with Crippen LogP contribution in [0.1, 0.15) is 12.0 Å². The Morgan fingerprint density at radius 1 is 1.43 bits per heavy atom. The molecular formula is C11H7ClF3N3O2S. The van der Waals surface area contributed by atoms with Crippen molar-refractivity contribution < 1.29 is 22.7 Å². The summed E-state index contributed by atoms with van der Waals surface area (Å²) in [6.45, 7) is 0.293. The molecule has 5 nitrogen and oxygen atoms in total. The van der Waals surface area contributed by atoms with E-state index in [9.17, 15) is 18.0 Å². The van der Waals surface area contributed by atoms with E-state index in [1.807, 2.05) is 0 Å². The van der Waals surface area contributed by atoms with E-state index in [4.69, 9.17) is 16.3 Å². The quantitative estimate of drug-likeness (QED) is 0.789. The molecule has 2 aromatic rings. The van der Waals surface area contributed by atoms with E-state index < -0.39 is 23.0 Å². The number of esters is 1. The first-order chi connectivity index (χ1) is 9.86. The van der Waals surface area contributed by atoms with Crippen molar-refractivity contribution in [2.75, 3.05) is 6.61 Å². The fourth-order valence-corrected chi connectivity index (χ4v) is 3.10. The average molecular weight is 338 g/mol. The smallest absolute Gasteiger partial charge is 0.417 e. The van der Waals surface area contributed by atoms with Gasteiger partial charge in [0, 0.05) is 12.6 Å². The van der Waals surface area contributed by atoms with Crippen molar-refractivity contribution in [2.45, 2.75) is 23.0 Å². The number of nitrogens with zero attached hydrogens (tertiary/aromatic N) is 3. The second-order valence-electron chi connectivity index (χ2n) is 4.31. The number of pyridine rings is 1. The first-order valence-corrected chi connectivity index (χ1v) is 7.07. The van der Waals surface area contributed by atoms with Crippen molar-refractivity contribution in [3.05, 3.63) is 22.8 Å². The molecule has 0 saturated carbocycles. The summed E-state index contributed by atoms with van der Waals surface area (Å²) in [6.07, 6.45) is -3.19. The first kappa shape index (κ1) is 14.5. The van der Waals surface area contributed by atoms with E-state index in [1.54, 1.807) is 0 Å². The predicted octanol–water partition coefficient (Wildman–Crippen LogP) is 2.81. The van der Waals surface area contributed by atoms with Gasteiger partial charge in [0.15, 0.2) is 10.8 Å². The van der Waals surface area contributed by atoms with Crippen LogP contribution in [-0.4, -0.2) is 32.4 Å². The van der Waals surface area contributed by atoms with Gasteiger partial charge in [-0.05, 0) is 6.07 Å². The molecule has 1 aliphatic heterocycles. The maximum Gasteiger partial charge on any atom is 0.417 e. The van der Waals surface area contributed by atoms with Crippen LogP contribution in [0.25, 0.3) is 5.65 Å². The van der Waals surface area contributed by atoms with Gasteiger partial charge in [-0.3, -0.25) is 9.20 Å². The molecule has 0 N–H and O–H groups in total. The van der Waals surface area contributed by atoms with Gasteiger partial charge in [-0.2, -0.15) is 13.2 Å². The molecule has 1 saturated heterocycles. The minimum absolute atomic E-state index is 0.110. The van der Waals surface area contributed by atoms with Gasteiger partial charge in [0.1, 0.15) is 5.25 Å². The molecule has 1 fully saturated rings. The fourth-order valence-electron chi connectivity index (χ4n) is 1.88. The largest absolute Gasteiger partial charge is 0.465 e. The molecule has 10 heteroatoms. The molecular weight excluding hydrogens is 331 g/mol. The average Bonchev–Trinajstić information content (AvgIpc) is 2.97. The Morgan fingerprint density at radius 3 is 2.81 bits per heavy atom. The number of fused-ring (bicyclic) bond motifs is 1. The highest BCUT2D eigenvalue weighted by molar-refractivity contribution is 8.00. The Bertz CT molecular complexity index is 719. The van der Waals surface area contributed by atoms with E-state index in [1.165, 1.54) is 0 Å². The highest BCUT2D eigenvalue weighted by atomic mass is 35.5. The number of alkyl halides is 3. The summed E-state index contributed by atoms with van der Waals surface area (Å²) < 4.78 is 44.4. The number of aromatic nitrogens is 3. The SMILES string of the molecule is O=C1OCC[C@@H]1Sc1nnc2c(Cl)cc(C(F)(F)F)cn12. The number of ether oxygens (including phenoxy) is 1. The number of hydrogen-bond donors (Lipinski definition) is 0. The fraction of sp³-hybridized carbons (Fsp3) is 0.364. The molecule has 2 aromatic heterocycles. The van der Waals surface area contributed by atoms with Crippen molar-refractivity contribution in [2.24, 2.45) is 0 Å². The minimum atomic E-state index is -4.53. The third kappa shape index (κ3) is 2.67. The van der Waals surface area contributed by atoms with Crippen LogP contribution in [0.15, 0.2) is 17.4 Å². The standard InChI is InChI=1S/C11H7ClF3N3O2S/c12-6-3-5(11(13,14)15)4-18-8(6)16-17-10(18)21-7-1-2-20-9(7)19/h3-4,7H,1-2H2/t7-/m0/s1. The van der Waals surface area contributed by atoms with E-state index in [2.05, 4.69) is 10.2 Å². The zero-order valence-corrected chi connectivity index (χ0v) is 11.8. The topological polar surface area (TPSA) is 56.5 Å². The number of carbonyl (C=O) groups is 1. The number of hydrogen-bond acceptors (Lipinski definition) is 5. The monoisotopic (exact) mass is 337 g/mol. The number of halogens is 4. The second kappa shape index (κ2) is 5.06. The number of cyclic esters (lactones) is 1. The first-order valence-electron chi connectivity index (χ1n) is 5.81. The van der Waals surface area contributed by atoms with Gasteiger partial charge in [0.25, 0.3) is 0 Å². The van der Waals surface area contributed by atoms with Crippen LogP contribution in [-0.2, 0) is 15.7 Å². The maximum atomic E-state index is 12.8. The molecule has 0 aliphatic carbocycles. The molecule has 1 aliphatic rings. The lowest BCUT2D eigenvalue weighted by molar-refractivity contribution is -0.138. The maximum absolute atomic E-state index is 12.8. The van der Waals surface area contributed by atoms with Crippen LogP contribution in [0, 0.1) is 0 Å². The third-order valence-electron chi connectivity index (χ3n) is 2.89. The predicted molar refractivity (Wildman–Crippen MR) is 68.2 cm³/mol. The van der Waals surface area contributed by atoms with Crippen molar-refractivity contribution >= 4 is 35.0 Å². The minimum Gasteiger partial charge on any atom is -0.465 e. The lowest BCUT2D eigenvalue weighted by atomic mass is 10.3. The normalized spacial score (nSPS) is 19.2. The molecule has 3 heterocycles. The van der Waals surface area contributed by atoms with Crippen LogP contribution < -0.4 is 0 Å². The van der Waals surface area contributed by atoms with Gasteiger partial charge in [0.05, 0.1) is 17.2 Å². The number of thioether (sulfide) groups is 1. The summed E-state index contributed by atoms with van der Waals surface area (Å²) >= 11 is 6.81. The highest BCUT2D eigenvalue weighted by Crippen LogP contribution is 2.34. The van der Waals surface area contributed by atoms with E-state index in [-0.39, 0.29) is 15.8 Å². The van der Waals surface area contributed by atoms with Gasteiger partial charge in [-0.15, -0.1) is 10.2 Å². The van der Waals surface area contributed by atoms with Crippen LogP contribution in [0.3, 0.4) is 0 Å². The van der Waals surface area contributed by atoms with E-state index >= 15 is 0 Å². The van der Waals surface area contributed by atoms with Crippen molar-refractivity contribution in [1.29, 1.82) is 0 Å². The summed E-state index contributed by atoms with van der Waals surface area (Å²) in [5, 5.41) is 7.06. The molecule has 3 rings (SSSR count). The molecule has 0 aromatic carbocycles. The molecule has 1 atom stereocenters. The van der Waals surface area contributed by atoms with Gasteiger partial charge < -0.3 is 4.74 Å². The summed E-state index contributed by atoms with van der Waals surface area (Å²) in [5.74, 6) is -0.408. The molecule has 21 heavy (non-hydrogen) atoms. The zero-order valence-electron chi connectivity index (χ0n) is 10.2. The Hall–Kier alpha value is -1.48. The zero-order chi connectivity index (χ0) is 15.2. The van der Waals surface area contributed by atoms with E-state index in [0.717, 1.165) is 28.4 Å². The Balaban J connectivity index is 2.03. The van der Waals surface area contributed by atoms with Gasteiger partial charge in [-0.1, -0.05) is 23.4 Å². The van der Waals surface area contributed by atoms with Crippen molar-refractivity contribution in [1.82, 2.24) is 14.6 Å². The molecule has 112 valence electrons. The van der Waals surface area contributed by atoms with E-state index in [0.29, 0.717) is 13.0 Å². The molecule has 0 unspecified atom stereocenters. The molecule has 0 amide bonds. The molecule has 0 spiro atoms. The molecule has 0 bridgehead atoms. The van der Waals surface area contributed by atoms with Gasteiger partial charge in [-0.25, -0.2) is 0 Å². The Labute approximate surface area is 125 Å². The second-order valence-corrected chi connectivity index (χ2v) is 5.89. The summed E-state index contributed by atoms with van der Waals surface area (Å²) in [5.41, 5.74) is -0.797. The lowest BCUT2D eigenvalue weighted by Gasteiger charge is -2.09. The van der Waals surface area contributed by atoms with Crippen LogP contribution in [0.4, 0.5) is 13.2 Å². The van der Waals surface area contributed by atoms with Crippen LogP contribution in [0.2, 0.25) is 5.02 Å². The number of carbonyl (C=O) groups excluding carboxylic acids is 1. The Kier molecular flexibility index (Phi) is 3.48. The van der Waals surface area contributed by atoms with Crippen LogP contribution >= 0.6 is 23.4 Å². The van der Waals surface area contributed by atoms with Crippen molar-refractivity contribution in [3.8, 4) is 0 Å².